The maximum absolute atomic E-state index is 13.0. The molecule has 0 aliphatic heterocycles. The smallest absolute Gasteiger partial charge is 0.416 e. The highest BCUT2D eigenvalue weighted by molar-refractivity contribution is 6.33. The third-order valence-corrected chi connectivity index (χ3v) is 3.09. The van der Waals surface area contributed by atoms with Gasteiger partial charge in [-0.2, -0.15) is 13.2 Å². The molecule has 0 unspecified atom stereocenters. The molecule has 0 heterocycles. The van der Waals surface area contributed by atoms with Crippen LogP contribution in [0.5, 0.6) is 0 Å². The third-order valence-electron chi connectivity index (χ3n) is 2.78. The quantitative estimate of drug-likeness (QED) is 0.782. The first-order valence-electron chi connectivity index (χ1n) is 5.85. The molecule has 0 fully saturated rings. The molecular weight excluding hydrogens is 326 g/mol. The first-order valence-corrected chi connectivity index (χ1v) is 6.23. The van der Waals surface area contributed by atoms with Crippen molar-refractivity contribution in [1.29, 1.82) is 0 Å². The van der Waals surface area contributed by atoms with Crippen molar-refractivity contribution in [2.45, 2.75) is 6.18 Å². The fourth-order valence-corrected chi connectivity index (χ4v) is 1.96. The Kier molecular flexibility index (Phi) is 4.27. The SMILES string of the molecule is O=C(O)c1ccc(C(F)(F)F)cc1Nc1ccc(F)cc1Cl. The van der Waals surface area contributed by atoms with Gasteiger partial charge in [0.25, 0.3) is 0 Å². The van der Waals surface area contributed by atoms with Crippen molar-refractivity contribution in [3.05, 3.63) is 58.4 Å². The van der Waals surface area contributed by atoms with Gasteiger partial charge in [0.05, 0.1) is 27.5 Å². The summed E-state index contributed by atoms with van der Waals surface area (Å²) in [6.07, 6.45) is -4.62. The molecule has 0 aromatic heterocycles. The number of alkyl halides is 3. The molecule has 0 saturated heterocycles. The van der Waals surface area contributed by atoms with Crippen molar-refractivity contribution in [2.24, 2.45) is 0 Å². The average Bonchev–Trinajstić information content (AvgIpc) is 2.40. The molecule has 2 N–H and O–H groups in total. The molecule has 0 amide bonds. The van der Waals surface area contributed by atoms with Gasteiger partial charge in [0.15, 0.2) is 0 Å². The summed E-state index contributed by atoms with van der Waals surface area (Å²) in [6.45, 7) is 0. The summed E-state index contributed by atoms with van der Waals surface area (Å²) in [7, 11) is 0. The first-order chi connectivity index (χ1) is 10.2. The molecular formula is C14H8ClF4NO2. The minimum Gasteiger partial charge on any atom is -0.478 e. The first kappa shape index (κ1) is 16.1. The number of carbonyl (C=O) groups is 1. The van der Waals surface area contributed by atoms with Gasteiger partial charge in [-0.05, 0) is 36.4 Å². The Morgan fingerprint density at radius 1 is 1.09 bits per heavy atom. The highest BCUT2D eigenvalue weighted by Crippen LogP contribution is 2.34. The zero-order valence-corrected chi connectivity index (χ0v) is 11.5. The summed E-state index contributed by atoms with van der Waals surface area (Å²) >= 11 is 5.77. The maximum Gasteiger partial charge on any atom is 0.416 e. The van der Waals surface area contributed by atoms with Gasteiger partial charge in [-0.15, -0.1) is 0 Å². The lowest BCUT2D eigenvalue weighted by Crippen LogP contribution is -2.09. The van der Waals surface area contributed by atoms with Crippen LogP contribution in [0.25, 0.3) is 0 Å². The number of rotatable bonds is 3. The maximum atomic E-state index is 13.0. The zero-order valence-electron chi connectivity index (χ0n) is 10.7. The molecule has 0 spiro atoms. The Morgan fingerprint density at radius 2 is 1.77 bits per heavy atom. The van der Waals surface area contributed by atoms with Crippen LogP contribution in [0, 0.1) is 5.82 Å². The van der Waals surface area contributed by atoms with Crippen LogP contribution in [0.2, 0.25) is 5.02 Å². The van der Waals surface area contributed by atoms with Crippen LogP contribution in [0.4, 0.5) is 28.9 Å². The number of benzene rings is 2. The molecule has 0 bridgehead atoms. The van der Waals surface area contributed by atoms with Gasteiger partial charge in [-0.25, -0.2) is 9.18 Å². The van der Waals surface area contributed by atoms with Gasteiger partial charge < -0.3 is 10.4 Å². The van der Waals surface area contributed by atoms with Gasteiger partial charge in [0.2, 0.25) is 0 Å². The van der Waals surface area contributed by atoms with E-state index in [0.29, 0.717) is 12.1 Å². The summed E-state index contributed by atoms with van der Waals surface area (Å²) in [5, 5.41) is 11.4. The van der Waals surface area contributed by atoms with E-state index in [-0.39, 0.29) is 22.0 Å². The number of anilines is 2. The molecule has 2 aromatic rings. The predicted molar refractivity (Wildman–Crippen MR) is 73.1 cm³/mol. The Labute approximate surface area is 127 Å². The number of aromatic carboxylic acids is 1. The van der Waals surface area contributed by atoms with E-state index in [1.807, 2.05) is 0 Å². The van der Waals surface area contributed by atoms with Crippen LogP contribution in [0.3, 0.4) is 0 Å². The summed E-state index contributed by atoms with van der Waals surface area (Å²) in [5.41, 5.74) is -1.59. The van der Waals surface area contributed by atoms with Crippen molar-refractivity contribution in [1.82, 2.24) is 0 Å². The lowest BCUT2D eigenvalue weighted by Gasteiger charge is -2.14. The zero-order chi connectivity index (χ0) is 16.5. The van der Waals surface area contributed by atoms with E-state index in [1.54, 1.807) is 0 Å². The third kappa shape index (κ3) is 3.48. The Balaban J connectivity index is 2.49. The van der Waals surface area contributed by atoms with Gasteiger partial charge in [-0.1, -0.05) is 11.6 Å². The van der Waals surface area contributed by atoms with E-state index in [9.17, 15) is 22.4 Å². The summed E-state index contributed by atoms with van der Waals surface area (Å²) in [4.78, 5) is 11.1. The van der Waals surface area contributed by atoms with E-state index in [0.717, 1.165) is 18.2 Å². The van der Waals surface area contributed by atoms with Crippen molar-refractivity contribution < 1.29 is 27.5 Å². The number of hydrogen-bond acceptors (Lipinski definition) is 2. The van der Waals surface area contributed by atoms with E-state index >= 15 is 0 Å². The van der Waals surface area contributed by atoms with Crippen molar-refractivity contribution in [3.63, 3.8) is 0 Å². The number of carboxylic acid groups (broad SMARTS) is 1. The molecule has 0 aliphatic carbocycles. The average molecular weight is 334 g/mol. The molecule has 0 atom stereocenters. The minimum atomic E-state index is -4.62. The molecule has 116 valence electrons. The highest BCUT2D eigenvalue weighted by atomic mass is 35.5. The van der Waals surface area contributed by atoms with Gasteiger partial charge in [0.1, 0.15) is 5.82 Å². The van der Waals surface area contributed by atoms with Gasteiger partial charge in [-0.3, -0.25) is 0 Å². The summed E-state index contributed by atoms with van der Waals surface area (Å²) in [5.74, 6) is -2.03. The van der Waals surface area contributed by atoms with Crippen molar-refractivity contribution >= 4 is 28.9 Å². The van der Waals surface area contributed by atoms with E-state index in [4.69, 9.17) is 16.7 Å². The van der Waals surface area contributed by atoms with Crippen LogP contribution in [0.1, 0.15) is 15.9 Å². The second-order valence-corrected chi connectivity index (χ2v) is 4.72. The van der Waals surface area contributed by atoms with Crippen molar-refractivity contribution in [3.8, 4) is 0 Å². The monoisotopic (exact) mass is 333 g/mol. The van der Waals surface area contributed by atoms with E-state index in [2.05, 4.69) is 5.32 Å². The standard InChI is InChI=1S/C14H8ClF4NO2/c15-10-6-8(16)2-4-11(10)20-12-5-7(14(17,18)19)1-3-9(12)13(21)22/h1-6,20H,(H,21,22). The molecule has 22 heavy (non-hydrogen) atoms. The molecule has 2 aromatic carbocycles. The van der Waals surface area contributed by atoms with Crippen LogP contribution in [0.15, 0.2) is 36.4 Å². The topological polar surface area (TPSA) is 49.3 Å². The van der Waals surface area contributed by atoms with E-state index < -0.39 is 23.5 Å². The van der Waals surface area contributed by atoms with Crippen LogP contribution < -0.4 is 5.32 Å². The molecule has 0 saturated carbocycles. The Hall–Kier alpha value is -2.28. The number of nitrogens with one attached hydrogen (secondary N) is 1. The predicted octanol–water partition coefficient (Wildman–Crippen LogP) is 4.94. The molecule has 8 heteroatoms. The fraction of sp³-hybridized carbons (Fsp3) is 0.0714. The lowest BCUT2D eigenvalue weighted by molar-refractivity contribution is -0.137. The minimum absolute atomic E-state index is 0.0879. The molecule has 2 rings (SSSR count). The van der Waals surface area contributed by atoms with Crippen molar-refractivity contribution in [2.75, 3.05) is 5.32 Å². The normalized spacial score (nSPS) is 11.3. The molecule has 3 nitrogen and oxygen atoms in total. The Bertz CT molecular complexity index is 731. The highest BCUT2D eigenvalue weighted by Gasteiger charge is 2.31. The number of halogens is 5. The van der Waals surface area contributed by atoms with Crippen LogP contribution in [-0.4, -0.2) is 11.1 Å². The summed E-state index contributed by atoms with van der Waals surface area (Å²) < 4.78 is 51.1. The Morgan fingerprint density at radius 3 is 2.32 bits per heavy atom. The number of carboxylic acids is 1. The lowest BCUT2D eigenvalue weighted by atomic mass is 10.1. The van der Waals surface area contributed by atoms with Gasteiger partial charge >= 0.3 is 12.1 Å². The van der Waals surface area contributed by atoms with Crippen LogP contribution >= 0.6 is 11.6 Å². The largest absolute Gasteiger partial charge is 0.478 e. The number of hydrogen-bond donors (Lipinski definition) is 2. The second-order valence-electron chi connectivity index (χ2n) is 4.31. The van der Waals surface area contributed by atoms with E-state index in [1.165, 1.54) is 6.07 Å². The summed E-state index contributed by atoms with van der Waals surface area (Å²) in [6, 6.07) is 5.36. The second kappa shape index (κ2) is 5.84. The van der Waals surface area contributed by atoms with Gasteiger partial charge in [0, 0.05) is 0 Å². The fourth-order valence-electron chi connectivity index (χ4n) is 1.75. The molecule has 0 radical (unpaired) electrons. The van der Waals surface area contributed by atoms with Crippen LogP contribution in [-0.2, 0) is 6.18 Å². The molecule has 0 aliphatic rings.